The van der Waals surface area contributed by atoms with Crippen LogP contribution in [0.25, 0.3) is 6.08 Å². The highest BCUT2D eigenvalue weighted by atomic mass is 16.5. The van der Waals surface area contributed by atoms with Gasteiger partial charge in [0, 0.05) is 18.2 Å². The maximum Gasteiger partial charge on any atom is 0.309 e. The SMILES string of the molecule is COC(=O)C1CCCCC1CNC(=O)/C=C/c1cc(OC)ccc1OC. The summed E-state index contributed by atoms with van der Waals surface area (Å²) in [5.74, 6) is 0.961. The summed E-state index contributed by atoms with van der Waals surface area (Å²) < 4.78 is 15.4. The molecule has 6 heteroatoms. The second-order valence-electron chi connectivity index (χ2n) is 6.36. The van der Waals surface area contributed by atoms with Gasteiger partial charge >= 0.3 is 5.97 Å². The molecule has 0 aliphatic heterocycles. The lowest BCUT2D eigenvalue weighted by molar-refractivity contribution is -0.148. The monoisotopic (exact) mass is 361 g/mol. The van der Waals surface area contributed by atoms with Crippen molar-refractivity contribution in [3.05, 3.63) is 29.8 Å². The van der Waals surface area contributed by atoms with Crippen molar-refractivity contribution in [2.75, 3.05) is 27.9 Å². The number of nitrogens with one attached hydrogen (secondary N) is 1. The first kappa shape index (κ1) is 19.8. The second-order valence-corrected chi connectivity index (χ2v) is 6.36. The molecule has 26 heavy (non-hydrogen) atoms. The van der Waals surface area contributed by atoms with Crippen molar-refractivity contribution in [3.8, 4) is 11.5 Å². The van der Waals surface area contributed by atoms with Crippen LogP contribution < -0.4 is 14.8 Å². The largest absolute Gasteiger partial charge is 0.497 e. The first-order chi connectivity index (χ1) is 12.6. The summed E-state index contributed by atoms with van der Waals surface area (Å²) >= 11 is 0. The van der Waals surface area contributed by atoms with Crippen molar-refractivity contribution in [2.45, 2.75) is 25.7 Å². The molecule has 0 radical (unpaired) electrons. The van der Waals surface area contributed by atoms with Crippen LogP contribution in [0.5, 0.6) is 11.5 Å². The highest BCUT2D eigenvalue weighted by Gasteiger charge is 2.31. The van der Waals surface area contributed by atoms with Crippen LogP contribution in [0.15, 0.2) is 24.3 Å². The Morgan fingerprint density at radius 1 is 1.15 bits per heavy atom. The molecule has 0 bridgehead atoms. The third-order valence-corrected chi connectivity index (χ3v) is 4.80. The highest BCUT2D eigenvalue weighted by Crippen LogP contribution is 2.30. The van der Waals surface area contributed by atoms with Crippen molar-refractivity contribution in [1.82, 2.24) is 5.32 Å². The van der Waals surface area contributed by atoms with Gasteiger partial charge in [-0.3, -0.25) is 9.59 Å². The fraction of sp³-hybridized carbons (Fsp3) is 0.500. The smallest absolute Gasteiger partial charge is 0.309 e. The molecule has 1 N–H and O–H groups in total. The van der Waals surface area contributed by atoms with Crippen LogP contribution in [0.3, 0.4) is 0 Å². The molecule has 1 aliphatic rings. The lowest BCUT2D eigenvalue weighted by atomic mass is 9.79. The summed E-state index contributed by atoms with van der Waals surface area (Å²) in [6.07, 6.45) is 7.00. The third kappa shape index (κ3) is 5.25. The molecule has 0 saturated heterocycles. The average molecular weight is 361 g/mol. The fourth-order valence-corrected chi connectivity index (χ4v) is 3.34. The standard InChI is InChI=1S/C20H27NO5/c1-24-16-9-10-18(25-2)14(12-16)8-11-19(22)21-13-15-6-4-5-7-17(15)20(23)26-3/h8-12,15,17H,4-7,13H2,1-3H3,(H,21,22)/b11-8+. The second kappa shape index (κ2) is 9.85. The molecule has 0 spiro atoms. The molecule has 2 unspecified atom stereocenters. The Balaban J connectivity index is 1.96. The zero-order valence-electron chi connectivity index (χ0n) is 15.6. The molecular weight excluding hydrogens is 334 g/mol. The van der Waals surface area contributed by atoms with Crippen LogP contribution in [0, 0.1) is 11.8 Å². The van der Waals surface area contributed by atoms with Gasteiger partial charge in [0.25, 0.3) is 0 Å². The van der Waals surface area contributed by atoms with Gasteiger partial charge in [0.15, 0.2) is 0 Å². The summed E-state index contributed by atoms with van der Waals surface area (Å²) in [7, 11) is 4.58. The minimum absolute atomic E-state index is 0.125. The van der Waals surface area contributed by atoms with Crippen molar-refractivity contribution in [3.63, 3.8) is 0 Å². The zero-order valence-corrected chi connectivity index (χ0v) is 15.6. The van der Waals surface area contributed by atoms with Gasteiger partial charge in [-0.2, -0.15) is 0 Å². The molecule has 0 heterocycles. The molecular formula is C20H27NO5. The maximum absolute atomic E-state index is 12.2. The van der Waals surface area contributed by atoms with Gasteiger partial charge in [0.1, 0.15) is 11.5 Å². The number of ether oxygens (including phenoxy) is 3. The number of rotatable bonds is 7. The molecule has 1 saturated carbocycles. The van der Waals surface area contributed by atoms with E-state index in [1.165, 1.54) is 13.2 Å². The van der Waals surface area contributed by atoms with Crippen LogP contribution in [-0.2, 0) is 14.3 Å². The minimum Gasteiger partial charge on any atom is -0.497 e. The Kier molecular flexibility index (Phi) is 7.51. The molecule has 1 amide bonds. The van der Waals surface area contributed by atoms with E-state index in [4.69, 9.17) is 14.2 Å². The van der Waals surface area contributed by atoms with E-state index in [9.17, 15) is 9.59 Å². The van der Waals surface area contributed by atoms with Gasteiger partial charge in [0.05, 0.1) is 27.2 Å². The molecule has 0 aromatic heterocycles. The van der Waals surface area contributed by atoms with E-state index in [1.54, 1.807) is 38.5 Å². The number of carbonyl (C=O) groups is 2. The van der Waals surface area contributed by atoms with Gasteiger partial charge in [0.2, 0.25) is 5.91 Å². The molecule has 1 fully saturated rings. The van der Waals surface area contributed by atoms with E-state index < -0.39 is 0 Å². The first-order valence-corrected chi connectivity index (χ1v) is 8.84. The molecule has 2 rings (SSSR count). The van der Waals surface area contributed by atoms with E-state index in [-0.39, 0.29) is 23.7 Å². The zero-order chi connectivity index (χ0) is 18.9. The summed E-state index contributed by atoms with van der Waals surface area (Å²) in [4.78, 5) is 24.1. The van der Waals surface area contributed by atoms with E-state index in [2.05, 4.69) is 5.32 Å². The van der Waals surface area contributed by atoms with E-state index >= 15 is 0 Å². The molecule has 1 aromatic rings. The topological polar surface area (TPSA) is 73.9 Å². The van der Waals surface area contributed by atoms with Crippen LogP contribution in [0.2, 0.25) is 0 Å². The number of esters is 1. The molecule has 6 nitrogen and oxygen atoms in total. The normalized spacial score (nSPS) is 19.8. The Hall–Kier alpha value is -2.50. The lowest BCUT2D eigenvalue weighted by Crippen LogP contribution is -2.37. The van der Waals surface area contributed by atoms with Gasteiger partial charge in [-0.05, 0) is 43.0 Å². The number of methoxy groups -OCH3 is 3. The van der Waals surface area contributed by atoms with E-state index in [0.29, 0.717) is 18.0 Å². The number of benzene rings is 1. The predicted octanol–water partition coefficient (Wildman–Crippen LogP) is 2.81. The first-order valence-electron chi connectivity index (χ1n) is 8.84. The Morgan fingerprint density at radius 3 is 2.62 bits per heavy atom. The Bertz CT molecular complexity index is 656. The van der Waals surface area contributed by atoms with Gasteiger partial charge in [-0.15, -0.1) is 0 Å². The van der Waals surface area contributed by atoms with Gasteiger partial charge in [-0.1, -0.05) is 12.8 Å². The van der Waals surface area contributed by atoms with Gasteiger partial charge in [-0.25, -0.2) is 0 Å². The summed E-state index contributed by atoms with van der Waals surface area (Å²) in [6, 6.07) is 5.39. The number of amides is 1. The van der Waals surface area contributed by atoms with Crippen LogP contribution in [0.1, 0.15) is 31.2 Å². The number of hydrogen-bond donors (Lipinski definition) is 1. The van der Waals surface area contributed by atoms with Crippen LogP contribution in [0.4, 0.5) is 0 Å². The summed E-state index contributed by atoms with van der Waals surface area (Å²) in [5.41, 5.74) is 0.757. The van der Waals surface area contributed by atoms with E-state index in [1.807, 2.05) is 0 Å². The van der Waals surface area contributed by atoms with E-state index in [0.717, 1.165) is 31.2 Å². The van der Waals surface area contributed by atoms with Gasteiger partial charge < -0.3 is 19.5 Å². The Labute approximate surface area is 154 Å². The molecule has 2 atom stereocenters. The maximum atomic E-state index is 12.2. The molecule has 142 valence electrons. The number of hydrogen-bond acceptors (Lipinski definition) is 5. The van der Waals surface area contributed by atoms with Crippen molar-refractivity contribution in [1.29, 1.82) is 0 Å². The minimum atomic E-state index is -0.205. The summed E-state index contributed by atoms with van der Waals surface area (Å²) in [6.45, 7) is 0.470. The van der Waals surface area contributed by atoms with Crippen LogP contribution in [-0.4, -0.2) is 39.8 Å². The van der Waals surface area contributed by atoms with Crippen molar-refractivity contribution < 1.29 is 23.8 Å². The molecule has 1 aromatic carbocycles. The predicted molar refractivity (Wildman–Crippen MR) is 99.1 cm³/mol. The lowest BCUT2D eigenvalue weighted by Gasteiger charge is -2.29. The average Bonchev–Trinajstić information content (AvgIpc) is 2.69. The third-order valence-electron chi connectivity index (χ3n) is 4.80. The quantitative estimate of drug-likeness (QED) is 0.597. The molecule has 1 aliphatic carbocycles. The fourth-order valence-electron chi connectivity index (χ4n) is 3.34. The number of carbonyl (C=O) groups excluding carboxylic acids is 2. The highest BCUT2D eigenvalue weighted by molar-refractivity contribution is 5.92. The Morgan fingerprint density at radius 2 is 1.92 bits per heavy atom. The van der Waals surface area contributed by atoms with Crippen LogP contribution >= 0.6 is 0 Å². The van der Waals surface area contributed by atoms with Crippen molar-refractivity contribution >= 4 is 18.0 Å². The summed E-state index contributed by atoms with van der Waals surface area (Å²) in [5, 5.41) is 2.89. The van der Waals surface area contributed by atoms with Crippen molar-refractivity contribution in [2.24, 2.45) is 11.8 Å².